The molecule has 0 atom stereocenters. The molecule has 2 aromatic carbocycles. The first-order chi connectivity index (χ1) is 10.1. The van der Waals surface area contributed by atoms with Crippen LogP contribution in [0.2, 0.25) is 5.15 Å². The molecule has 0 unspecified atom stereocenters. The summed E-state index contributed by atoms with van der Waals surface area (Å²) >= 11 is 6.11. The molecule has 1 aromatic heterocycles. The summed E-state index contributed by atoms with van der Waals surface area (Å²) in [5, 5.41) is 10.8. The second kappa shape index (κ2) is 5.19. The maximum absolute atomic E-state index is 11.4. The van der Waals surface area contributed by atoms with Gasteiger partial charge in [0.25, 0.3) is 0 Å². The Balaban J connectivity index is 2.44. The number of carbonyl (C=O) groups is 1. The number of aryl methyl sites for hydroxylation is 1. The van der Waals surface area contributed by atoms with Gasteiger partial charge in [-0.25, -0.2) is 9.78 Å². The van der Waals surface area contributed by atoms with Crippen molar-refractivity contribution in [1.82, 2.24) is 4.98 Å². The summed E-state index contributed by atoms with van der Waals surface area (Å²) in [6.45, 7) is 1.99. The van der Waals surface area contributed by atoms with Crippen LogP contribution in [0.25, 0.3) is 22.0 Å². The summed E-state index contributed by atoms with van der Waals surface area (Å²) in [5.41, 5.74) is 2.77. The van der Waals surface area contributed by atoms with Gasteiger partial charge in [-0.3, -0.25) is 0 Å². The molecule has 1 heterocycles. The zero-order chi connectivity index (χ0) is 15.0. The van der Waals surface area contributed by atoms with Crippen LogP contribution in [0.5, 0.6) is 0 Å². The van der Waals surface area contributed by atoms with Crippen LogP contribution in [-0.2, 0) is 0 Å². The van der Waals surface area contributed by atoms with Gasteiger partial charge in [0.05, 0.1) is 5.69 Å². The Morgan fingerprint density at radius 3 is 2.33 bits per heavy atom. The van der Waals surface area contributed by atoms with Gasteiger partial charge in [-0.15, -0.1) is 0 Å². The number of fused-ring (bicyclic) bond motifs is 1. The lowest BCUT2D eigenvalue weighted by Crippen LogP contribution is -2.02. The Morgan fingerprint density at radius 1 is 1.05 bits per heavy atom. The Kier molecular flexibility index (Phi) is 3.35. The number of benzene rings is 2. The van der Waals surface area contributed by atoms with Crippen molar-refractivity contribution in [3.8, 4) is 11.3 Å². The third kappa shape index (κ3) is 2.26. The number of hydrogen-bond donors (Lipinski definition) is 1. The largest absolute Gasteiger partial charge is 0.478 e. The molecule has 3 nitrogen and oxygen atoms in total. The van der Waals surface area contributed by atoms with E-state index in [0.717, 1.165) is 16.5 Å². The summed E-state index contributed by atoms with van der Waals surface area (Å²) in [6.07, 6.45) is 0. The second-order valence-electron chi connectivity index (χ2n) is 4.79. The maximum atomic E-state index is 11.4. The van der Waals surface area contributed by atoms with E-state index in [9.17, 15) is 9.90 Å². The minimum atomic E-state index is -1.07. The van der Waals surface area contributed by atoms with Gasteiger partial charge in [0.15, 0.2) is 0 Å². The minimum Gasteiger partial charge on any atom is -0.478 e. The number of aromatic carboxylic acids is 1. The summed E-state index contributed by atoms with van der Waals surface area (Å²) in [6, 6.07) is 15.1. The maximum Gasteiger partial charge on any atom is 0.339 e. The first-order valence-corrected chi connectivity index (χ1v) is 6.85. The highest BCUT2D eigenvalue weighted by Gasteiger charge is 2.19. The van der Waals surface area contributed by atoms with Crippen molar-refractivity contribution >= 4 is 28.3 Å². The lowest BCUT2D eigenvalue weighted by atomic mass is 9.98. The van der Waals surface area contributed by atoms with Crippen LogP contribution in [0.4, 0.5) is 0 Å². The van der Waals surface area contributed by atoms with Crippen molar-refractivity contribution in [2.45, 2.75) is 6.92 Å². The molecule has 3 aromatic rings. The molecule has 0 saturated heterocycles. The van der Waals surface area contributed by atoms with E-state index in [1.807, 2.05) is 43.3 Å². The van der Waals surface area contributed by atoms with Gasteiger partial charge in [-0.05, 0) is 12.5 Å². The molecule has 4 heteroatoms. The predicted molar refractivity (Wildman–Crippen MR) is 83.9 cm³/mol. The van der Waals surface area contributed by atoms with E-state index in [4.69, 9.17) is 11.6 Å². The molecule has 0 radical (unpaired) electrons. The molecule has 0 fully saturated rings. The number of rotatable bonds is 2. The third-order valence-corrected chi connectivity index (χ3v) is 3.76. The van der Waals surface area contributed by atoms with Crippen molar-refractivity contribution in [1.29, 1.82) is 0 Å². The number of nitrogens with zero attached hydrogens (tertiary/aromatic N) is 1. The van der Waals surface area contributed by atoms with E-state index in [2.05, 4.69) is 4.98 Å². The van der Waals surface area contributed by atoms with Gasteiger partial charge >= 0.3 is 5.97 Å². The highest BCUT2D eigenvalue weighted by molar-refractivity contribution is 6.34. The average Bonchev–Trinajstić information content (AvgIpc) is 2.46. The quantitative estimate of drug-likeness (QED) is 0.705. The Bertz CT molecular complexity index is 859. The zero-order valence-corrected chi connectivity index (χ0v) is 12.1. The summed E-state index contributed by atoms with van der Waals surface area (Å²) < 4.78 is 0. The van der Waals surface area contributed by atoms with E-state index in [-0.39, 0.29) is 10.7 Å². The van der Waals surface area contributed by atoms with Crippen LogP contribution in [-0.4, -0.2) is 16.1 Å². The fourth-order valence-electron chi connectivity index (χ4n) is 2.48. The SMILES string of the molecule is Cc1ccccc1-c1nc(Cl)c(C(=O)O)c2ccccc12. The third-order valence-electron chi connectivity index (χ3n) is 3.48. The molecule has 1 N–H and O–H groups in total. The van der Waals surface area contributed by atoms with E-state index in [1.54, 1.807) is 12.1 Å². The summed E-state index contributed by atoms with van der Waals surface area (Å²) in [5.74, 6) is -1.07. The monoisotopic (exact) mass is 297 g/mol. The van der Waals surface area contributed by atoms with Gasteiger partial charge in [0.1, 0.15) is 10.7 Å². The second-order valence-corrected chi connectivity index (χ2v) is 5.15. The molecule has 104 valence electrons. The van der Waals surface area contributed by atoms with Crippen molar-refractivity contribution in [3.05, 3.63) is 64.8 Å². The average molecular weight is 298 g/mol. The smallest absolute Gasteiger partial charge is 0.339 e. The summed E-state index contributed by atoms with van der Waals surface area (Å²) in [4.78, 5) is 15.8. The lowest BCUT2D eigenvalue weighted by Gasteiger charge is -2.12. The van der Waals surface area contributed by atoms with Gasteiger partial charge in [0.2, 0.25) is 0 Å². The number of pyridine rings is 1. The Labute approximate surface area is 126 Å². The normalized spacial score (nSPS) is 10.8. The molecule has 0 spiro atoms. The first kappa shape index (κ1) is 13.6. The van der Waals surface area contributed by atoms with Crippen LogP contribution >= 0.6 is 11.6 Å². The highest BCUT2D eigenvalue weighted by Crippen LogP contribution is 2.33. The number of aromatic nitrogens is 1. The minimum absolute atomic E-state index is 0.0134. The van der Waals surface area contributed by atoms with Crippen molar-refractivity contribution in [2.75, 3.05) is 0 Å². The van der Waals surface area contributed by atoms with Gasteiger partial charge in [-0.1, -0.05) is 60.1 Å². The highest BCUT2D eigenvalue weighted by atomic mass is 35.5. The number of halogens is 1. The van der Waals surface area contributed by atoms with E-state index in [0.29, 0.717) is 11.1 Å². The van der Waals surface area contributed by atoms with Crippen molar-refractivity contribution in [2.24, 2.45) is 0 Å². The molecule has 0 bridgehead atoms. The van der Waals surface area contributed by atoms with E-state index in [1.165, 1.54) is 0 Å². The van der Waals surface area contributed by atoms with Crippen LogP contribution in [0.3, 0.4) is 0 Å². The lowest BCUT2D eigenvalue weighted by molar-refractivity contribution is 0.0699. The number of hydrogen-bond acceptors (Lipinski definition) is 2. The van der Waals surface area contributed by atoms with E-state index < -0.39 is 5.97 Å². The molecule has 0 saturated carbocycles. The standard InChI is InChI=1S/C17H12ClNO2/c1-10-6-2-3-7-11(10)15-13-9-5-4-8-12(13)14(17(20)21)16(18)19-15/h2-9H,1H3,(H,20,21). The first-order valence-electron chi connectivity index (χ1n) is 6.47. The number of carboxylic acids is 1. The van der Waals surface area contributed by atoms with Gasteiger partial charge < -0.3 is 5.11 Å². The van der Waals surface area contributed by atoms with Crippen molar-refractivity contribution < 1.29 is 9.90 Å². The molecular formula is C17H12ClNO2. The van der Waals surface area contributed by atoms with Crippen LogP contribution < -0.4 is 0 Å². The van der Waals surface area contributed by atoms with Gasteiger partial charge in [0, 0.05) is 16.3 Å². The molecule has 3 rings (SSSR count). The van der Waals surface area contributed by atoms with Crippen LogP contribution in [0, 0.1) is 6.92 Å². The summed E-state index contributed by atoms with van der Waals surface area (Å²) in [7, 11) is 0. The Morgan fingerprint density at radius 2 is 1.67 bits per heavy atom. The molecule has 0 aliphatic heterocycles. The topological polar surface area (TPSA) is 50.2 Å². The van der Waals surface area contributed by atoms with E-state index >= 15 is 0 Å². The fourth-order valence-corrected chi connectivity index (χ4v) is 2.75. The van der Waals surface area contributed by atoms with Crippen molar-refractivity contribution in [3.63, 3.8) is 0 Å². The zero-order valence-electron chi connectivity index (χ0n) is 11.3. The number of carboxylic acid groups (broad SMARTS) is 1. The Hall–Kier alpha value is -2.39. The predicted octanol–water partition coefficient (Wildman–Crippen LogP) is 4.56. The molecule has 0 aliphatic carbocycles. The van der Waals surface area contributed by atoms with Gasteiger partial charge in [-0.2, -0.15) is 0 Å². The molecule has 0 amide bonds. The fraction of sp³-hybridized carbons (Fsp3) is 0.0588. The molecule has 21 heavy (non-hydrogen) atoms. The molecular weight excluding hydrogens is 286 g/mol. The molecule has 0 aliphatic rings. The van der Waals surface area contributed by atoms with Crippen LogP contribution in [0.1, 0.15) is 15.9 Å². The van der Waals surface area contributed by atoms with Crippen LogP contribution in [0.15, 0.2) is 48.5 Å².